The topological polar surface area (TPSA) is 74.4 Å². The molecular formula is C32H62O6SSi2. The molecule has 0 aromatic rings. The zero-order chi connectivity index (χ0) is 31.2. The Morgan fingerprint density at radius 1 is 1.07 bits per heavy atom. The lowest BCUT2D eigenvalue weighted by Crippen LogP contribution is -2.44. The van der Waals surface area contributed by atoms with Crippen LogP contribution in [0.1, 0.15) is 93.9 Å². The van der Waals surface area contributed by atoms with Gasteiger partial charge in [-0.25, -0.2) is 0 Å². The standard InChI is InChI=1S/C32H62O6SSi2/c1-14-15-16-22(2)17-23(29(3,4)5)18-26(37-40(10)11)27-24(30(6,7)8)20-32(38-41(12)13)25(27)19-31(28(32)36-31)21-35-39(9,33)34/h18,22-25,27-28,40-41H,14-17,19-21H2,1-13H3/t22-,23-,24+,25-,27-,28?,31?,32-/m0/s1. The number of unbranched alkanes of at least 4 members (excludes halogenated alkanes) is 1. The number of rotatable bonds is 14. The van der Waals surface area contributed by atoms with E-state index in [1.807, 2.05) is 0 Å². The van der Waals surface area contributed by atoms with Gasteiger partial charge < -0.3 is 13.6 Å². The molecule has 1 saturated heterocycles. The Morgan fingerprint density at radius 3 is 2.20 bits per heavy atom. The van der Waals surface area contributed by atoms with Crippen LogP contribution in [0.4, 0.5) is 0 Å². The summed E-state index contributed by atoms with van der Waals surface area (Å²) in [4.78, 5) is 0. The highest BCUT2D eigenvalue weighted by Gasteiger charge is 2.80. The van der Waals surface area contributed by atoms with Gasteiger partial charge in [0.05, 0.1) is 24.2 Å². The van der Waals surface area contributed by atoms with Gasteiger partial charge in [-0.3, -0.25) is 4.18 Å². The van der Waals surface area contributed by atoms with E-state index in [1.165, 1.54) is 25.0 Å². The van der Waals surface area contributed by atoms with E-state index >= 15 is 0 Å². The van der Waals surface area contributed by atoms with Gasteiger partial charge in [0.15, 0.2) is 9.04 Å². The van der Waals surface area contributed by atoms with Crippen LogP contribution in [0.5, 0.6) is 0 Å². The fourth-order valence-corrected chi connectivity index (χ4v) is 10.3. The second kappa shape index (κ2) is 12.7. The lowest BCUT2D eigenvalue weighted by Gasteiger charge is -2.39. The molecule has 240 valence electrons. The van der Waals surface area contributed by atoms with Gasteiger partial charge in [0.25, 0.3) is 10.1 Å². The number of ether oxygens (including phenoxy) is 1. The van der Waals surface area contributed by atoms with Gasteiger partial charge in [-0.15, -0.1) is 0 Å². The third-order valence-corrected chi connectivity index (χ3v) is 12.0. The average Bonchev–Trinajstić information content (AvgIpc) is 3.33. The van der Waals surface area contributed by atoms with Gasteiger partial charge in [-0.2, -0.15) is 8.42 Å². The molecule has 41 heavy (non-hydrogen) atoms. The minimum absolute atomic E-state index is 0.0529. The molecule has 3 aliphatic rings. The van der Waals surface area contributed by atoms with Gasteiger partial charge in [0.1, 0.15) is 11.7 Å². The molecule has 0 aromatic carbocycles. The molecule has 6 nitrogen and oxygen atoms in total. The van der Waals surface area contributed by atoms with Gasteiger partial charge in [0.2, 0.25) is 9.04 Å². The molecule has 9 heteroatoms. The van der Waals surface area contributed by atoms with Crippen LogP contribution in [0, 0.1) is 40.4 Å². The van der Waals surface area contributed by atoms with Crippen molar-refractivity contribution in [1.29, 1.82) is 0 Å². The summed E-state index contributed by atoms with van der Waals surface area (Å²) in [5.74, 6) is 3.03. The van der Waals surface area contributed by atoms with Crippen molar-refractivity contribution >= 4 is 28.2 Å². The zero-order valence-corrected chi connectivity index (χ0v) is 31.6. The van der Waals surface area contributed by atoms with Crippen LogP contribution in [0.15, 0.2) is 11.8 Å². The lowest BCUT2D eigenvalue weighted by molar-refractivity contribution is -0.0164. The number of fused-ring (bicyclic) bond motifs is 3. The van der Waals surface area contributed by atoms with Crippen molar-refractivity contribution < 1.29 is 26.2 Å². The van der Waals surface area contributed by atoms with Gasteiger partial charge in [0, 0.05) is 11.8 Å². The number of epoxide rings is 1. The molecule has 1 heterocycles. The average molecular weight is 631 g/mol. The Morgan fingerprint density at radius 2 is 1.71 bits per heavy atom. The predicted molar refractivity (Wildman–Crippen MR) is 175 cm³/mol. The molecule has 0 N–H and O–H groups in total. The van der Waals surface area contributed by atoms with Crippen LogP contribution in [0.3, 0.4) is 0 Å². The maximum absolute atomic E-state index is 12.0. The van der Waals surface area contributed by atoms with E-state index in [-0.39, 0.29) is 35.4 Å². The van der Waals surface area contributed by atoms with Crippen molar-refractivity contribution in [2.75, 3.05) is 12.9 Å². The van der Waals surface area contributed by atoms with Crippen molar-refractivity contribution in [3.63, 3.8) is 0 Å². The molecule has 0 radical (unpaired) electrons. The minimum atomic E-state index is -3.56. The second-order valence-electron chi connectivity index (χ2n) is 16.4. The Labute approximate surface area is 256 Å². The van der Waals surface area contributed by atoms with Crippen LogP contribution < -0.4 is 0 Å². The summed E-state index contributed by atoms with van der Waals surface area (Å²) in [6.07, 6.45) is 10.1. The van der Waals surface area contributed by atoms with Gasteiger partial charge in [-0.05, 0) is 80.1 Å². The Balaban J connectivity index is 2.11. The smallest absolute Gasteiger partial charge is 0.264 e. The Kier molecular flexibility index (Phi) is 10.9. The predicted octanol–water partition coefficient (Wildman–Crippen LogP) is 7.30. The summed E-state index contributed by atoms with van der Waals surface area (Å²) >= 11 is 0. The van der Waals surface area contributed by atoms with Crippen LogP contribution >= 0.6 is 0 Å². The number of hydrogen-bond acceptors (Lipinski definition) is 6. The van der Waals surface area contributed by atoms with Crippen LogP contribution in [0.25, 0.3) is 0 Å². The van der Waals surface area contributed by atoms with E-state index in [0.29, 0.717) is 17.8 Å². The van der Waals surface area contributed by atoms with Crippen molar-refractivity contribution in [2.45, 2.75) is 137 Å². The summed E-state index contributed by atoms with van der Waals surface area (Å²) < 4.78 is 49.8. The molecule has 3 fully saturated rings. The number of hydrogen-bond donors (Lipinski definition) is 0. The maximum Gasteiger partial charge on any atom is 0.264 e. The third-order valence-electron chi connectivity index (χ3n) is 9.79. The quantitative estimate of drug-likeness (QED) is 0.0868. The van der Waals surface area contributed by atoms with E-state index in [1.54, 1.807) is 0 Å². The molecule has 0 aromatic heterocycles. The molecular weight excluding hydrogens is 569 g/mol. The SMILES string of the molecule is CCCC[C@H](C)C[C@@H](C=C(O[SiH](C)C)[C@H]1[C@H](C(C)(C)C)C[C@@]2(O[SiH](C)C)C3OC3(COS(C)(=O)=O)C[C@@H]12)C(C)(C)C. The monoisotopic (exact) mass is 630 g/mol. The first-order valence-corrected chi connectivity index (χ1v) is 23.6. The first-order valence-electron chi connectivity index (χ1n) is 16.2. The van der Waals surface area contributed by atoms with Crippen molar-refractivity contribution in [1.82, 2.24) is 0 Å². The molecule has 0 spiro atoms. The lowest BCUT2D eigenvalue weighted by atomic mass is 9.69. The molecule has 1 aliphatic heterocycles. The van der Waals surface area contributed by atoms with Crippen molar-refractivity contribution in [3.05, 3.63) is 11.8 Å². The summed E-state index contributed by atoms with van der Waals surface area (Å²) in [6, 6.07) is 0. The first kappa shape index (κ1) is 35.3. The fourth-order valence-electron chi connectivity index (χ4n) is 7.81. The molecule has 0 bridgehead atoms. The summed E-state index contributed by atoms with van der Waals surface area (Å²) in [5, 5.41) is 0. The molecule has 3 rings (SSSR count). The van der Waals surface area contributed by atoms with E-state index < -0.39 is 39.4 Å². The highest BCUT2D eigenvalue weighted by Crippen LogP contribution is 2.70. The highest BCUT2D eigenvalue weighted by atomic mass is 32.2. The van der Waals surface area contributed by atoms with Crippen molar-refractivity contribution in [3.8, 4) is 0 Å². The second-order valence-corrected chi connectivity index (χ2v) is 22.7. The number of allylic oxidation sites excluding steroid dienone is 2. The van der Waals surface area contributed by atoms with Gasteiger partial charge >= 0.3 is 0 Å². The summed E-state index contributed by atoms with van der Waals surface area (Å²) in [7, 11) is -6.43. The zero-order valence-electron chi connectivity index (χ0n) is 28.5. The van der Waals surface area contributed by atoms with E-state index in [4.69, 9.17) is 17.8 Å². The maximum atomic E-state index is 12.0. The Hall–Kier alpha value is -0.196. The highest BCUT2D eigenvalue weighted by molar-refractivity contribution is 7.85. The summed E-state index contributed by atoms with van der Waals surface area (Å²) in [5.41, 5.74) is -0.836. The molecule has 2 unspecified atom stereocenters. The third kappa shape index (κ3) is 8.30. The Bertz CT molecular complexity index is 1030. The van der Waals surface area contributed by atoms with Crippen molar-refractivity contribution in [2.24, 2.45) is 40.4 Å². The molecule has 0 amide bonds. The van der Waals surface area contributed by atoms with Gasteiger partial charge in [-0.1, -0.05) is 74.7 Å². The molecule has 2 saturated carbocycles. The van der Waals surface area contributed by atoms with Crippen LogP contribution in [0.2, 0.25) is 26.2 Å². The fraction of sp³-hybridized carbons (Fsp3) is 0.938. The molecule has 2 aliphatic carbocycles. The van der Waals surface area contributed by atoms with E-state index in [2.05, 4.69) is 87.7 Å². The van der Waals surface area contributed by atoms with E-state index in [0.717, 1.165) is 25.5 Å². The minimum Gasteiger partial charge on any atom is -0.550 e. The molecule has 8 atom stereocenters. The van der Waals surface area contributed by atoms with Crippen LogP contribution in [-0.2, 0) is 27.9 Å². The normalized spacial score (nSPS) is 33.7. The van der Waals surface area contributed by atoms with Crippen LogP contribution in [-0.4, -0.2) is 56.7 Å². The largest absolute Gasteiger partial charge is 0.550 e. The summed E-state index contributed by atoms with van der Waals surface area (Å²) in [6.45, 7) is 28.0. The van der Waals surface area contributed by atoms with E-state index in [9.17, 15) is 8.42 Å². The first-order chi connectivity index (χ1) is 18.6.